The van der Waals surface area contributed by atoms with Crippen molar-refractivity contribution >= 4 is 0 Å². The van der Waals surface area contributed by atoms with Crippen molar-refractivity contribution in [3.63, 3.8) is 0 Å². The minimum absolute atomic E-state index is 0.0501. The first kappa shape index (κ1) is 12.6. The average molecular weight is 268 g/mol. The number of rotatable bonds is 6. The minimum atomic E-state index is 0.0501. The molecule has 1 unspecified atom stereocenters. The highest BCUT2D eigenvalue weighted by Crippen LogP contribution is 2.22. The fourth-order valence-corrected chi connectivity index (χ4v) is 2.17. The van der Waals surface area contributed by atoms with Crippen LogP contribution in [0.4, 0.5) is 0 Å². The van der Waals surface area contributed by atoms with Gasteiger partial charge in [-0.05, 0) is 17.7 Å². The van der Waals surface area contributed by atoms with Crippen LogP contribution in [0.5, 0.6) is 0 Å². The predicted molar refractivity (Wildman–Crippen MR) is 75.1 cm³/mol. The Morgan fingerprint density at radius 3 is 2.75 bits per heavy atom. The molecule has 3 rings (SSSR count). The van der Waals surface area contributed by atoms with Gasteiger partial charge >= 0.3 is 0 Å². The van der Waals surface area contributed by atoms with Gasteiger partial charge in [-0.25, -0.2) is 4.98 Å². The summed E-state index contributed by atoms with van der Waals surface area (Å²) in [6.45, 7) is 0.787. The topological polar surface area (TPSA) is 66.7 Å². The molecule has 3 aromatic rings. The maximum atomic E-state index is 5.54. The van der Waals surface area contributed by atoms with E-state index in [1.807, 2.05) is 30.3 Å². The highest BCUT2D eigenvalue weighted by Gasteiger charge is 2.15. The fourth-order valence-electron chi connectivity index (χ4n) is 2.17. The Kier molecular flexibility index (Phi) is 3.89. The van der Waals surface area contributed by atoms with Gasteiger partial charge in [0, 0.05) is 13.0 Å². The first-order valence-corrected chi connectivity index (χ1v) is 6.59. The van der Waals surface area contributed by atoms with Gasteiger partial charge in [-0.3, -0.25) is 5.10 Å². The monoisotopic (exact) mass is 268 g/mol. The predicted octanol–water partition coefficient (Wildman–Crippen LogP) is 2.32. The molecule has 0 spiro atoms. The summed E-state index contributed by atoms with van der Waals surface area (Å²) in [5.74, 6) is 1.79. The molecule has 5 nitrogen and oxygen atoms in total. The van der Waals surface area contributed by atoms with Crippen molar-refractivity contribution in [2.45, 2.75) is 12.5 Å². The molecule has 0 aliphatic rings. The van der Waals surface area contributed by atoms with Gasteiger partial charge in [-0.2, -0.15) is 5.10 Å². The minimum Gasteiger partial charge on any atom is -0.467 e. The molecule has 5 heteroatoms. The van der Waals surface area contributed by atoms with Gasteiger partial charge in [0.1, 0.15) is 17.9 Å². The van der Waals surface area contributed by atoms with Crippen LogP contribution in [-0.2, 0) is 6.42 Å². The summed E-state index contributed by atoms with van der Waals surface area (Å²) in [6.07, 6.45) is 4.02. The molecule has 102 valence electrons. The van der Waals surface area contributed by atoms with Crippen LogP contribution in [0.2, 0.25) is 0 Å². The molecular weight excluding hydrogens is 252 g/mol. The quantitative estimate of drug-likeness (QED) is 0.720. The molecular formula is C15H16N4O. The van der Waals surface area contributed by atoms with Gasteiger partial charge in [0.25, 0.3) is 0 Å². The number of aromatic amines is 1. The molecule has 0 amide bonds. The summed E-state index contributed by atoms with van der Waals surface area (Å²) < 4.78 is 5.54. The van der Waals surface area contributed by atoms with Gasteiger partial charge < -0.3 is 9.73 Å². The number of nitrogens with zero attached hydrogens (tertiary/aromatic N) is 2. The lowest BCUT2D eigenvalue weighted by Crippen LogP contribution is -2.24. The molecule has 2 N–H and O–H groups in total. The lowest BCUT2D eigenvalue weighted by molar-refractivity contribution is 0.447. The van der Waals surface area contributed by atoms with Gasteiger partial charge in [-0.1, -0.05) is 30.3 Å². The fraction of sp³-hybridized carbons (Fsp3) is 0.200. The van der Waals surface area contributed by atoms with Crippen LogP contribution >= 0.6 is 0 Å². The molecule has 0 fully saturated rings. The van der Waals surface area contributed by atoms with E-state index in [0.29, 0.717) is 0 Å². The van der Waals surface area contributed by atoms with E-state index >= 15 is 0 Å². The Bertz CT molecular complexity index is 605. The van der Waals surface area contributed by atoms with Crippen LogP contribution in [0.25, 0.3) is 0 Å². The van der Waals surface area contributed by atoms with Gasteiger partial charge in [0.05, 0.1) is 12.3 Å². The zero-order chi connectivity index (χ0) is 13.6. The lowest BCUT2D eigenvalue weighted by Gasteiger charge is -2.16. The Morgan fingerprint density at radius 1 is 1.15 bits per heavy atom. The van der Waals surface area contributed by atoms with Crippen molar-refractivity contribution in [1.29, 1.82) is 0 Å². The lowest BCUT2D eigenvalue weighted by atomic mass is 10.0. The molecule has 0 bridgehead atoms. The number of benzene rings is 1. The van der Waals surface area contributed by atoms with Crippen molar-refractivity contribution in [3.8, 4) is 0 Å². The van der Waals surface area contributed by atoms with Crippen LogP contribution in [0, 0.1) is 0 Å². The summed E-state index contributed by atoms with van der Waals surface area (Å²) in [4.78, 5) is 4.12. The smallest absolute Gasteiger partial charge is 0.137 e. The van der Waals surface area contributed by atoms with Gasteiger partial charge in [0.15, 0.2) is 0 Å². The summed E-state index contributed by atoms with van der Waals surface area (Å²) in [5, 5.41) is 10.2. The Balaban J connectivity index is 1.70. The maximum Gasteiger partial charge on any atom is 0.137 e. The number of H-pyrrole nitrogens is 1. The second-order valence-electron chi connectivity index (χ2n) is 4.50. The van der Waals surface area contributed by atoms with Crippen molar-refractivity contribution in [3.05, 3.63) is 72.2 Å². The zero-order valence-electron chi connectivity index (χ0n) is 11.0. The van der Waals surface area contributed by atoms with Gasteiger partial charge in [-0.15, -0.1) is 0 Å². The van der Waals surface area contributed by atoms with Crippen LogP contribution in [0.1, 0.15) is 23.2 Å². The number of furan rings is 1. The molecule has 1 aromatic carbocycles. The highest BCUT2D eigenvalue weighted by atomic mass is 16.3. The Labute approximate surface area is 117 Å². The summed E-state index contributed by atoms with van der Waals surface area (Å²) >= 11 is 0. The van der Waals surface area contributed by atoms with E-state index in [-0.39, 0.29) is 6.04 Å². The van der Waals surface area contributed by atoms with Crippen molar-refractivity contribution < 1.29 is 4.42 Å². The molecule has 2 heterocycles. The van der Waals surface area contributed by atoms with E-state index in [1.54, 1.807) is 6.26 Å². The molecule has 0 saturated heterocycles. The maximum absolute atomic E-state index is 5.54. The highest BCUT2D eigenvalue weighted by molar-refractivity contribution is 5.26. The second-order valence-corrected chi connectivity index (χ2v) is 4.50. The van der Waals surface area contributed by atoms with Crippen molar-refractivity contribution in [2.75, 3.05) is 6.54 Å². The zero-order valence-corrected chi connectivity index (χ0v) is 11.0. The molecule has 2 aromatic heterocycles. The van der Waals surface area contributed by atoms with Crippen LogP contribution < -0.4 is 5.32 Å². The van der Waals surface area contributed by atoms with Crippen LogP contribution in [-0.4, -0.2) is 21.7 Å². The third kappa shape index (κ3) is 2.95. The molecule has 0 aliphatic heterocycles. The second kappa shape index (κ2) is 6.16. The van der Waals surface area contributed by atoms with E-state index in [2.05, 4.69) is 32.6 Å². The SMILES string of the molecule is c1ccc(C(NCCc2ncn[nH]2)c2ccco2)cc1. The number of hydrogen-bond donors (Lipinski definition) is 2. The first-order valence-electron chi connectivity index (χ1n) is 6.59. The average Bonchev–Trinajstić information content (AvgIpc) is 3.18. The van der Waals surface area contributed by atoms with E-state index in [9.17, 15) is 0 Å². The van der Waals surface area contributed by atoms with Gasteiger partial charge in [0.2, 0.25) is 0 Å². The molecule has 0 aliphatic carbocycles. The molecule has 0 saturated carbocycles. The van der Waals surface area contributed by atoms with Crippen LogP contribution in [0.15, 0.2) is 59.5 Å². The van der Waals surface area contributed by atoms with Crippen molar-refractivity contribution in [1.82, 2.24) is 20.5 Å². The van der Waals surface area contributed by atoms with E-state index in [1.165, 1.54) is 11.9 Å². The Hall–Kier alpha value is -2.40. The molecule has 1 atom stereocenters. The third-order valence-electron chi connectivity index (χ3n) is 3.14. The standard InChI is InChI=1S/C15H16N4O/c1-2-5-12(6-3-1)15(13-7-4-10-20-13)16-9-8-14-17-11-18-19-14/h1-7,10-11,15-16H,8-9H2,(H,17,18,19). The van der Waals surface area contributed by atoms with Crippen molar-refractivity contribution in [2.24, 2.45) is 0 Å². The van der Waals surface area contributed by atoms with E-state index < -0.39 is 0 Å². The summed E-state index contributed by atoms with van der Waals surface area (Å²) in [7, 11) is 0. The number of hydrogen-bond acceptors (Lipinski definition) is 4. The summed E-state index contributed by atoms with van der Waals surface area (Å²) in [5.41, 5.74) is 1.18. The first-order chi connectivity index (χ1) is 9.93. The number of nitrogens with one attached hydrogen (secondary N) is 2. The largest absolute Gasteiger partial charge is 0.467 e. The number of aromatic nitrogens is 3. The van der Waals surface area contributed by atoms with E-state index in [0.717, 1.165) is 24.6 Å². The normalized spacial score (nSPS) is 12.4. The van der Waals surface area contributed by atoms with Crippen LogP contribution in [0.3, 0.4) is 0 Å². The summed E-state index contributed by atoms with van der Waals surface area (Å²) in [6, 6.07) is 14.2. The molecule has 0 radical (unpaired) electrons. The Morgan fingerprint density at radius 2 is 2.05 bits per heavy atom. The van der Waals surface area contributed by atoms with E-state index in [4.69, 9.17) is 4.42 Å². The third-order valence-corrected chi connectivity index (χ3v) is 3.14. The molecule has 20 heavy (non-hydrogen) atoms.